The molecule has 1 heterocycles. The average molecular weight is 300 g/mol. The van der Waals surface area contributed by atoms with E-state index in [1.165, 1.54) is 23.6 Å². The number of Topliss-reactive ketones (excluding diaryl/α,β-unsaturated/α-hetero) is 1. The molecule has 1 N–H and O–H groups in total. The van der Waals surface area contributed by atoms with E-state index in [2.05, 4.69) is 0 Å². The zero-order valence-electron chi connectivity index (χ0n) is 9.77. The molecule has 0 radical (unpaired) electrons. The van der Waals surface area contributed by atoms with Gasteiger partial charge in [-0.15, -0.1) is 11.3 Å². The number of hydrogen-bond donors (Lipinski definition) is 1. The number of carboxylic acids is 1. The summed E-state index contributed by atoms with van der Waals surface area (Å²) in [6.07, 6.45) is -4.91. The van der Waals surface area contributed by atoms with Crippen molar-refractivity contribution in [1.82, 2.24) is 0 Å². The largest absolute Gasteiger partial charge is 0.478 e. The summed E-state index contributed by atoms with van der Waals surface area (Å²) in [5.74, 6) is -3.03. The molecule has 0 saturated heterocycles. The highest BCUT2D eigenvalue weighted by Gasteiger charge is 2.40. The van der Waals surface area contributed by atoms with Crippen LogP contribution in [0.1, 0.15) is 20.0 Å². The van der Waals surface area contributed by atoms with Gasteiger partial charge in [0.25, 0.3) is 5.78 Å². The average Bonchev–Trinajstić information content (AvgIpc) is 2.86. The lowest BCUT2D eigenvalue weighted by Crippen LogP contribution is -2.21. The third kappa shape index (κ3) is 2.88. The Morgan fingerprint density at radius 2 is 1.80 bits per heavy atom. The zero-order valence-corrected chi connectivity index (χ0v) is 10.6. The Hall–Kier alpha value is -2.15. The number of halogens is 3. The smallest absolute Gasteiger partial charge is 0.455 e. The van der Waals surface area contributed by atoms with Gasteiger partial charge in [0.15, 0.2) is 0 Å². The standard InChI is InChI=1S/C13H7F3O3S/c14-13(15,16)11(17)10-5-9(6-20-10)7-2-1-3-8(4-7)12(18)19/h1-6H,(H,18,19). The Morgan fingerprint density at radius 1 is 1.10 bits per heavy atom. The highest BCUT2D eigenvalue weighted by Crippen LogP contribution is 2.30. The van der Waals surface area contributed by atoms with E-state index in [0.717, 1.165) is 6.07 Å². The number of carbonyl (C=O) groups excluding carboxylic acids is 1. The van der Waals surface area contributed by atoms with Crippen molar-refractivity contribution in [3.05, 3.63) is 46.2 Å². The van der Waals surface area contributed by atoms with E-state index in [0.29, 0.717) is 22.5 Å². The second kappa shape index (κ2) is 5.09. The quantitative estimate of drug-likeness (QED) is 0.876. The Morgan fingerprint density at radius 3 is 2.40 bits per heavy atom. The van der Waals surface area contributed by atoms with Gasteiger partial charge in [-0.3, -0.25) is 4.79 Å². The maximum atomic E-state index is 12.3. The lowest BCUT2D eigenvalue weighted by molar-refractivity contribution is -0.0882. The fourth-order valence-electron chi connectivity index (χ4n) is 1.58. The van der Waals surface area contributed by atoms with E-state index in [1.54, 1.807) is 6.07 Å². The molecule has 0 amide bonds. The molecule has 0 aliphatic carbocycles. The second-order valence-corrected chi connectivity index (χ2v) is 4.82. The van der Waals surface area contributed by atoms with Gasteiger partial charge in [0.1, 0.15) is 0 Å². The molecule has 3 nitrogen and oxygen atoms in total. The second-order valence-electron chi connectivity index (χ2n) is 3.91. The molecule has 0 unspecified atom stereocenters. The fraction of sp³-hybridized carbons (Fsp3) is 0.0769. The minimum absolute atomic E-state index is 0.0254. The first kappa shape index (κ1) is 14.3. The third-order valence-electron chi connectivity index (χ3n) is 2.52. The molecule has 2 rings (SSSR count). The van der Waals surface area contributed by atoms with Crippen molar-refractivity contribution in [3.8, 4) is 11.1 Å². The topological polar surface area (TPSA) is 54.4 Å². The summed E-state index contributed by atoms with van der Waals surface area (Å²) in [6, 6.07) is 6.88. The minimum Gasteiger partial charge on any atom is -0.478 e. The summed E-state index contributed by atoms with van der Waals surface area (Å²) in [6.45, 7) is 0. The summed E-state index contributed by atoms with van der Waals surface area (Å²) in [7, 11) is 0. The minimum atomic E-state index is -4.91. The Labute approximate surface area is 115 Å². The lowest BCUT2D eigenvalue weighted by atomic mass is 10.1. The van der Waals surface area contributed by atoms with Crippen LogP contribution in [0.15, 0.2) is 35.7 Å². The van der Waals surface area contributed by atoms with E-state index in [9.17, 15) is 22.8 Å². The number of aromatic carboxylic acids is 1. The molecule has 1 aromatic carbocycles. The van der Waals surface area contributed by atoms with Crippen molar-refractivity contribution < 1.29 is 27.9 Å². The highest BCUT2D eigenvalue weighted by molar-refractivity contribution is 7.12. The molecule has 20 heavy (non-hydrogen) atoms. The van der Waals surface area contributed by atoms with Gasteiger partial charge in [0.05, 0.1) is 10.4 Å². The van der Waals surface area contributed by atoms with Gasteiger partial charge in [-0.1, -0.05) is 12.1 Å². The number of carboxylic acid groups (broad SMARTS) is 1. The van der Waals surface area contributed by atoms with Crippen molar-refractivity contribution in [2.45, 2.75) is 6.18 Å². The van der Waals surface area contributed by atoms with Gasteiger partial charge in [-0.2, -0.15) is 13.2 Å². The molecular formula is C13H7F3O3S. The van der Waals surface area contributed by atoms with Gasteiger partial charge < -0.3 is 5.11 Å². The number of alkyl halides is 3. The molecular weight excluding hydrogens is 293 g/mol. The fourth-order valence-corrected chi connectivity index (χ4v) is 2.45. The summed E-state index contributed by atoms with van der Waals surface area (Å²) in [5, 5.41) is 10.2. The molecule has 0 bridgehead atoms. The van der Waals surface area contributed by atoms with Crippen LogP contribution < -0.4 is 0 Å². The van der Waals surface area contributed by atoms with E-state index in [4.69, 9.17) is 5.11 Å². The van der Waals surface area contributed by atoms with Crippen molar-refractivity contribution in [1.29, 1.82) is 0 Å². The van der Waals surface area contributed by atoms with Crippen LogP contribution in [0.3, 0.4) is 0 Å². The van der Waals surface area contributed by atoms with Crippen LogP contribution >= 0.6 is 11.3 Å². The van der Waals surface area contributed by atoms with Crippen LogP contribution in [-0.2, 0) is 0 Å². The predicted molar refractivity (Wildman–Crippen MR) is 67.1 cm³/mol. The normalized spacial score (nSPS) is 11.3. The summed E-state index contributed by atoms with van der Waals surface area (Å²) in [5.41, 5.74) is 0.852. The molecule has 0 saturated carbocycles. The molecule has 0 atom stereocenters. The molecule has 0 spiro atoms. The molecule has 1 aromatic heterocycles. The first-order valence-corrected chi connectivity index (χ1v) is 6.21. The first-order valence-electron chi connectivity index (χ1n) is 5.33. The number of carbonyl (C=O) groups is 2. The molecule has 7 heteroatoms. The van der Waals surface area contributed by atoms with Gasteiger partial charge in [0.2, 0.25) is 0 Å². The summed E-state index contributed by atoms with van der Waals surface area (Å²) < 4.78 is 36.9. The number of ketones is 1. The molecule has 104 valence electrons. The van der Waals surface area contributed by atoms with E-state index in [-0.39, 0.29) is 5.56 Å². The maximum absolute atomic E-state index is 12.3. The number of rotatable bonds is 3. The van der Waals surface area contributed by atoms with Crippen molar-refractivity contribution in [2.75, 3.05) is 0 Å². The van der Waals surface area contributed by atoms with Crippen LogP contribution in [-0.4, -0.2) is 23.0 Å². The molecule has 0 aliphatic heterocycles. The number of thiophene rings is 1. The van der Waals surface area contributed by atoms with Crippen LogP contribution in [0.5, 0.6) is 0 Å². The van der Waals surface area contributed by atoms with E-state index in [1.807, 2.05) is 0 Å². The van der Waals surface area contributed by atoms with Crippen molar-refractivity contribution in [2.24, 2.45) is 0 Å². The van der Waals surface area contributed by atoms with Crippen LogP contribution in [0.4, 0.5) is 13.2 Å². The van der Waals surface area contributed by atoms with Gasteiger partial charge in [0, 0.05) is 0 Å². The maximum Gasteiger partial charge on any atom is 0.455 e. The summed E-state index contributed by atoms with van der Waals surface area (Å²) >= 11 is 0.677. The molecule has 0 fully saturated rings. The molecule has 2 aromatic rings. The van der Waals surface area contributed by atoms with Gasteiger partial charge >= 0.3 is 12.1 Å². The Bertz CT molecular complexity index is 673. The number of benzene rings is 1. The van der Waals surface area contributed by atoms with Crippen molar-refractivity contribution >= 4 is 23.1 Å². The summed E-state index contributed by atoms with van der Waals surface area (Å²) in [4.78, 5) is 21.5. The monoisotopic (exact) mass is 300 g/mol. The number of hydrogen-bond acceptors (Lipinski definition) is 3. The predicted octanol–water partition coefficient (Wildman–Crippen LogP) is 3.86. The van der Waals surface area contributed by atoms with E-state index < -0.39 is 22.8 Å². The van der Waals surface area contributed by atoms with Crippen LogP contribution in [0.25, 0.3) is 11.1 Å². The van der Waals surface area contributed by atoms with Gasteiger partial charge in [-0.05, 0) is 34.7 Å². The molecule has 0 aliphatic rings. The highest BCUT2D eigenvalue weighted by atomic mass is 32.1. The Kier molecular flexibility index (Phi) is 3.63. The Balaban J connectivity index is 2.36. The van der Waals surface area contributed by atoms with E-state index >= 15 is 0 Å². The SMILES string of the molecule is O=C(O)c1cccc(-c2csc(C(=O)C(F)(F)F)c2)c1. The van der Waals surface area contributed by atoms with Gasteiger partial charge in [-0.25, -0.2) is 4.79 Å². The lowest BCUT2D eigenvalue weighted by Gasteiger charge is -2.02. The zero-order chi connectivity index (χ0) is 14.9. The first-order chi connectivity index (χ1) is 9.29. The third-order valence-corrected chi connectivity index (χ3v) is 3.45. The van der Waals surface area contributed by atoms with Crippen molar-refractivity contribution in [3.63, 3.8) is 0 Å². The van der Waals surface area contributed by atoms with Crippen LogP contribution in [0, 0.1) is 0 Å². The van der Waals surface area contributed by atoms with Crippen LogP contribution in [0.2, 0.25) is 0 Å².